The Balaban J connectivity index is -0.0000000267. The molecule has 1 N–H and O–H groups in total. The fraction of sp³-hybridized carbons (Fsp3) is 0. The van der Waals surface area contributed by atoms with E-state index in [4.69, 9.17) is 19.2 Å². The minimum atomic E-state index is -5.14. The summed E-state index contributed by atoms with van der Waals surface area (Å²) in [6.45, 7) is 0. The molecule has 0 atom stereocenters. The maximum atomic E-state index is 8.66. The largest absolute Gasteiger partial charge is 2.00 e. The summed E-state index contributed by atoms with van der Waals surface area (Å²) in [5.74, 6) is 0. The zero-order valence-electron chi connectivity index (χ0n) is 4.20. The van der Waals surface area contributed by atoms with Crippen molar-refractivity contribution >= 4 is 45.6 Å². The van der Waals surface area contributed by atoms with E-state index in [0.29, 0.717) is 0 Å². The van der Waals surface area contributed by atoms with Gasteiger partial charge in [0.25, 0.3) is 0 Å². The molecule has 0 spiro atoms. The van der Waals surface area contributed by atoms with Gasteiger partial charge in [-0.2, -0.15) is 0 Å². The Labute approximate surface area is 97.6 Å². The first-order valence-electron chi connectivity index (χ1n) is 0.748. The normalized spacial score (nSPS) is 7.38. The van der Waals surface area contributed by atoms with Crippen molar-refractivity contribution in [3.8, 4) is 0 Å². The zero-order valence-corrected chi connectivity index (χ0v) is 9.31. The van der Waals surface area contributed by atoms with Crippen molar-refractivity contribution in [3.63, 3.8) is 0 Å². The molecule has 0 aromatic heterocycles. The van der Waals surface area contributed by atoms with Crippen LogP contribution in [0.15, 0.2) is 0 Å². The fourth-order valence-corrected chi connectivity index (χ4v) is 0. The number of halogens is 1. The molecule has 0 saturated heterocycles. The van der Waals surface area contributed by atoms with E-state index in [1.807, 2.05) is 0 Å². The van der Waals surface area contributed by atoms with Gasteiger partial charge in [0.05, 0.1) is 7.82 Å². The molecule has 0 rings (SSSR count). The summed E-state index contributed by atoms with van der Waals surface area (Å²) in [6.07, 6.45) is 0. The monoisotopic (exact) mass is 178 g/mol. The third kappa shape index (κ3) is 83.6. The standard InChI is InChI=1S/Ca.FH.Na.H3O4P/c;;;1-5(2,3)4/h;1H;;(H3,1,2,3,4)/q+2;;+1;/p-3. The molecule has 40 valence electrons. The van der Waals surface area contributed by atoms with Gasteiger partial charge >= 0.3 is 67.3 Å². The van der Waals surface area contributed by atoms with Crippen LogP contribution >= 0.6 is 7.82 Å². The summed E-state index contributed by atoms with van der Waals surface area (Å²) < 4.78 is 8.66. The van der Waals surface area contributed by atoms with E-state index in [1.54, 1.807) is 0 Å². The van der Waals surface area contributed by atoms with Crippen molar-refractivity contribution in [1.82, 2.24) is 0 Å². The van der Waals surface area contributed by atoms with Crippen molar-refractivity contribution in [2.24, 2.45) is 0 Å². The molecule has 0 bridgehead atoms. The summed E-state index contributed by atoms with van der Waals surface area (Å²) in [7, 11) is -5.14. The molecule has 8 heteroatoms. The SMILES string of the molecule is O=P([O-])([O-])O.[Ca+2].[F-].[Na+]. The minimum absolute atomic E-state index is 0. The van der Waals surface area contributed by atoms with E-state index in [-0.39, 0.29) is 72.0 Å². The molecule has 0 heterocycles. The predicted molar refractivity (Wildman–Crippen MR) is 15.6 cm³/mol. The Morgan fingerprint density at radius 1 is 1.38 bits per heavy atom. The van der Waals surface area contributed by atoms with Crippen molar-refractivity contribution < 1.29 is 53.5 Å². The molecule has 0 aromatic carbocycles. The summed E-state index contributed by atoms with van der Waals surface area (Å²) in [6, 6.07) is 0. The van der Waals surface area contributed by atoms with Crippen LogP contribution in [0, 0.1) is 0 Å². The van der Waals surface area contributed by atoms with E-state index in [1.165, 1.54) is 0 Å². The van der Waals surface area contributed by atoms with Gasteiger partial charge in [0.15, 0.2) is 0 Å². The van der Waals surface area contributed by atoms with Crippen LogP contribution in [-0.2, 0) is 4.57 Å². The quantitative estimate of drug-likeness (QED) is 0.295. The van der Waals surface area contributed by atoms with Gasteiger partial charge in [0, 0.05) is 0 Å². The molecule has 0 aromatic rings. The molecule has 0 radical (unpaired) electrons. The Bertz CT molecular complexity index is 62.2. The van der Waals surface area contributed by atoms with Crippen LogP contribution in [-0.4, -0.2) is 42.6 Å². The van der Waals surface area contributed by atoms with Crippen LogP contribution in [0.1, 0.15) is 0 Å². The molecule has 8 heavy (non-hydrogen) atoms. The first-order chi connectivity index (χ1) is 2.00. The van der Waals surface area contributed by atoms with Gasteiger partial charge in [-0.05, 0) is 0 Å². The van der Waals surface area contributed by atoms with Crippen LogP contribution in [0.3, 0.4) is 0 Å². The molecule has 0 unspecified atom stereocenters. The van der Waals surface area contributed by atoms with Crippen LogP contribution in [0.2, 0.25) is 0 Å². The molecule has 0 aliphatic carbocycles. The van der Waals surface area contributed by atoms with Crippen molar-refractivity contribution in [2.75, 3.05) is 0 Å². The first kappa shape index (κ1) is 22.4. The Kier molecular flexibility index (Phi) is 26.1. The number of rotatable bonds is 0. The molecular weight excluding hydrogens is 177 g/mol. The van der Waals surface area contributed by atoms with Gasteiger partial charge in [-0.3, -0.25) is 0 Å². The predicted octanol–water partition coefficient (Wildman–Crippen LogP) is -8.57. The molecule has 0 saturated carbocycles. The number of hydrogen-bond donors (Lipinski definition) is 1. The molecule has 0 aliphatic rings. The van der Waals surface area contributed by atoms with Gasteiger partial charge in [0.1, 0.15) is 0 Å². The van der Waals surface area contributed by atoms with Gasteiger partial charge in [0.2, 0.25) is 0 Å². The third-order valence-corrected chi connectivity index (χ3v) is 0. The molecule has 0 fully saturated rings. The van der Waals surface area contributed by atoms with Crippen LogP contribution in [0.5, 0.6) is 0 Å². The number of hydrogen-bond acceptors (Lipinski definition) is 3. The Hall–Kier alpha value is 2.30. The minimum Gasteiger partial charge on any atom is -1.00 e. The Morgan fingerprint density at radius 2 is 1.38 bits per heavy atom. The van der Waals surface area contributed by atoms with Gasteiger partial charge in [-0.1, -0.05) is 0 Å². The summed E-state index contributed by atoms with van der Waals surface area (Å²) in [4.78, 5) is 24.3. The smallest absolute Gasteiger partial charge is 1.00 e. The summed E-state index contributed by atoms with van der Waals surface area (Å²) in [5, 5.41) is 0. The van der Waals surface area contributed by atoms with E-state index < -0.39 is 7.82 Å². The summed E-state index contributed by atoms with van der Waals surface area (Å²) in [5.41, 5.74) is 0. The van der Waals surface area contributed by atoms with E-state index in [2.05, 4.69) is 0 Å². The fourth-order valence-electron chi connectivity index (χ4n) is 0. The third-order valence-electron chi connectivity index (χ3n) is 0. The maximum absolute atomic E-state index is 8.66. The topological polar surface area (TPSA) is 83.4 Å². The van der Waals surface area contributed by atoms with Crippen LogP contribution in [0.4, 0.5) is 0 Å². The second kappa shape index (κ2) is 9.30. The molecule has 0 aliphatic heterocycles. The van der Waals surface area contributed by atoms with E-state index >= 15 is 0 Å². The van der Waals surface area contributed by atoms with Crippen molar-refractivity contribution in [3.05, 3.63) is 0 Å². The number of phosphoric acid groups is 1. The Morgan fingerprint density at radius 3 is 1.38 bits per heavy atom. The average molecular weight is 178 g/mol. The van der Waals surface area contributed by atoms with Gasteiger partial charge in [-0.25, -0.2) is 0 Å². The average Bonchev–Trinajstić information content (AvgIpc) is 0.722. The van der Waals surface area contributed by atoms with Crippen molar-refractivity contribution in [1.29, 1.82) is 0 Å². The zero-order chi connectivity index (χ0) is 4.50. The molecular formula is HCaFNaO4P. The van der Waals surface area contributed by atoms with Crippen LogP contribution in [0.25, 0.3) is 0 Å². The second-order valence-electron chi connectivity index (χ2n) is 0.469. The van der Waals surface area contributed by atoms with Gasteiger partial charge in [-0.15, -0.1) is 0 Å². The molecule has 4 nitrogen and oxygen atoms in total. The van der Waals surface area contributed by atoms with Crippen LogP contribution < -0.4 is 44.0 Å². The van der Waals surface area contributed by atoms with E-state index in [0.717, 1.165) is 0 Å². The van der Waals surface area contributed by atoms with Gasteiger partial charge < -0.3 is 23.9 Å². The van der Waals surface area contributed by atoms with Crippen molar-refractivity contribution in [2.45, 2.75) is 0 Å². The van der Waals surface area contributed by atoms with E-state index in [9.17, 15) is 0 Å². The molecule has 0 amide bonds. The second-order valence-corrected chi connectivity index (χ2v) is 1.41. The first-order valence-corrected chi connectivity index (χ1v) is 2.24. The maximum Gasteiger partial charge on any atom is 2.00 e. The summed E-state index contributed by atoms with van der Waals surface area (Å²) >= 11 is 0.